The zero-order chi connectivity index (χ0) is 20.4. The highest BCUT2D eigenvalue weighted by Crippen LogP contribution is 2.41. The average Bonchev–Trinajstić information content (AvgIpc) is 3.37. The Labute approximate surface area is 171 Å². The summed E-state index contributed by atoms with van der Waals surface area (Å²) < 4.78 is 5.14. The van der Waals surface area contributed by atoms with Gasteiger partial charge in [-0.15, -0.1) is 11.3 Å². The molecule has 1 atom stereocenters. The number of likely N-dealkylation sites (tertiary alicyclic amines) is 1. The molecular weight excluding hydrogens is 388 g/mol. The quantitative estimate of drug-likeness (QED) is 0.396. The second-order valence-electron chi connectivity index (χ2n) is 6.49. The Bertz CT molecular complexity index is 1060. The van der Waals surface area contributed by atoms with Crippen LogP contribution in [0.25, 0.3) is 5.76 Å². The molecule has 0 saturated carbocycles. The van der Waals surface area contributed by atoms with Crippen LogP contribution in [0, 0.1) is 0 Å². The van der Waals surface area contributed by atoms with Crippen LogP contribution in [0.3, 0.4) is 0 Å². The predicted molar refractivity (Wildman–Crippen MR) is 109 cm³/mol. The lowest BCUT2D eigenvalue weighted by molar-refractivity contribution is -0.140. The first kappa shape index (κ1) is 18.9. The van der Waals surface area contributed by atoms with Crippen molar-refractivity contribution in [1.29, 1.82) is 0 Å². The van der Waals surface area contributed by atoms with Gasteiger partial charge in [0.15, 0.2) is 0 Å². The predicted octanol–water partition coefficient (Wildman–Crippen LogP) is 3.77. The minimum absolute atomic E-state index is 0.0820. The number of ketones is 1. The minimum atomic E-state index is -0.701. The van der Waals surface area contributed by atoms with Crippen LogP contribution in [0.1, 0.15) is 22.2 Å². The van der Waals surface area contributed by atoms with Crippen molar-refractivity contribution < 1.29 is 19.4 Å². The van der Waals surface area contributed by atoms with Crippen molar-refractivity contribution in [3.05, 3.63) is 87.9 Å². The van der Waals surface area contributed by atoms with Crippen LogP contribution in [0.4, 0.5) is 0 Å². The normalized spacial score (nSPS) is 18.2. The Balaban J connectivity index is 1.81. The summed E-state index contributed by atoms with van der Waals surface area (Å²) in [4.78, 5) is 32.3. The van der Waals surface area contributed by atoms with Crippen LogP contribution in [-0.2, 0) is 16.1 Å². The Morgan fingerprint density at radius 1 is 1.14 bits per heavy atom. The second kappa shape index (κ2) is 7.89. The van der Waals surface area contributed by atoms with E-state index in [1.54, 1.807) is 49.7 Å². The van der Waals surface area contributed by atoms with Crippen molar-refractivity contribution in [3.8, 4) is 5.75 Å². The van der Waals surface area contributed by atoms with Crippen molar-refractivity contribution in [2.45, 2.75) is 12.6 Å². The number of hydrogen-bond acceptors (Lipinski definition) is 6. The van der Waals surface area contributed by atoms with Crippen LogP contribution >= 0.6 is 11.3 Å². The highest BCUT2D eigenvalue weighted by atomic mass is 32.1. The van der Waals surface area contributed by atoms with E-state index in [1.165, 1.54) is 16.2 Å². The van der Waals surface area contributed by atoms with Crippen LogP contribution < -0.4 is 4.74 Å². The molecule has 29 heavy (non-hydrogen) atoms. The molecule has 7 heteroatoms. The molecule has 2 aromatic heterocycles. The molecule has 0 radical (unpaired) electrons. The summed E-state index contributed by atoms with van der Waals surface area (Å²) in [6.45, 7) is 0.174. The number of aliphatic hydroxyl groups excluding tert-OH is 1. The number of benzene rings is 1. The lowest BCUT2D eigenvalue weighted by Gasteiger charge is -2.23. The third-order valence-corrected chi connectivity index (χ3v) is 5.70. The molecule has 1 amide bonds. The fourth-order valence-corrected chi connectivity index (χ4v) is 4.20. The summed E-state index contributed by atoms with van der Waals surface area (Å²) in [7, 11) is 1.55. The van der Waals surface area contributed by atoms with Gasteiger partial charge in [-0.1, -0.05) is 12.1 Å². The van der Waals surface area contributed by atoms with Gasteiger partial charge in [-0.25, -0.2) is 0 Å². The van der Waals surface area contributed by atoms with Gasteiger partial charge in [0.2, 0.25) is 0 Å². The number of pyridine rings is 1. The van der Waals surface area contributed by atoms with Gasteiger partial charge >= 0.3 is 0 Å². The molecule has 1 aromatic carbocycles. The van der Waals surface area contributed by atoms with Crippen LogP contribution in [0.2, 0.25) is 0 Å². The molecule has 3 aromatic rings. The highest BCUT2D eigenvalue weighted by Gasteiger charge is 2.46. The molecule has 0 aliphatic carbocycles. The van der Waals surface area contributed by atoms with Crippen LogP contribution in [0.15, 0.2) is 71.7 Å². The lowest BCUT2D eigenvalue weighted by atomic mass is 10.00. The Kier molecular flexibility index (Phi) is 5.14. The summed E-state index contributed by atoms with van der Waals surface area (Å²) in [6, 6.07) is 15.2. The minimum Gasteiger partial charge on any atom is -0.507 e. The van der Waals surface area contributed by atoms with Crippen molar-refractivity contribution >= 4 is 28.8 Å². The standard InChI is InChI=1S/C22H18N2O4S/c1-28-16-9-7-14(8-10-16)20(25)18-19(17-6-4-12-29-17)24(22(27)21(18)26)13-15-5-2-3-11-23-15/h2-12,19,25H,13H2,1H3/b20-18-. The van der Waals surface area contributed by atoms with E-state index >= 15 is 0 Å². The Hall–Kier alpha value is -3.45. The van der Waals surface area contributed by atoms with Gasteiger partial charge in [-0.05, 0) is 47.8 Å². The van der Waals surface area contributed by atoms with Crippen molar-refractivity contribution in [1.82, 2.24) is 9.88 Å². The summed E-state index contributed by atoms with van der Waals surface area (Å²) in [6.07, 6.45) is 1.64. The highest BCUT2D eigenvalue weighted by molar-refractivity contribution is 7.10. The summed E-state index contributed by atoms with van der Waals surface area (Å²) in [5, 5.41) is 12.8. The number of carbonyl (C=O) groups excluding carboxylic acids is 2. The molecule has 1 N–H and O–H groups in total. The van der Waals surface area contributed by atoms with E-state index in [4.69, 9.17) is 4.74 Å². The molecule has 1 aliphatic rings. The summed E-state index contributed by atoms with van der Waals surface area (Å²) >= 11 is 1.43. The van der Waals surface area contributed by atoms with Crippen molar-refractivity contribution in [3.63, 3.8) is 0 Å². The van der Waals surface area contributed by atoms with Crippen molar-refractivity contribution in [2.75, 3.05) is 7.11 Å². The maximum atomic E-state index is 12.9. The number of Topliss-reactive ketones (excluding diaryl/α,β-unsaturated/α-hetero) is 1. The molecule has 0 bridgehead atoms. The number of methoxy groups -OCH3 is 1. The zero-order valence-electron chi connectivity index (χ0n) is 15.6. The van der Waals surface area contributed by atoms with Gasteiger partial charge in [0.1, 0.15) is 17.6 Å². The zero-order valence-corrected chi connectivity index (χ0v) is 16.4. The number of hydrogen-bond donors (Lipinski definition) is 1. The monoisotopic (exact) mass is 406 g/mol. The number of rotatable bonds is 5. The number of aromatic nitrogens is 1. The molecule has 146 valence electrons. The van der Waals surface area contributed by atoms with Gasteiger partial charge in [-0.3, -0.25) is 14.6 Å². The van der Waals surface area contributed by atoms with E-state index in [0.717, 1.165) is 4.88 Å². The van der Waals surface area contributed by atoms with Gasteiger partial charge in [0.25, 0.3) is 11.7 Å². The summed E-state index contributed by atoms with van der Waals surface area (Å²) in [5.74, 6) is -0.920. The van der Waals surface area contributed by atoms with E-state index in [2.05, 4.69) is 4.98 Å². The number of thiophene rings is 1. The fraction of sp³-hybridized carbons (Fsp3) is 0.136. The van der Waals surface area contributed by atoms with Crippen molar-refractivity contribution in [2.24, 2.45) is 0 Å². The largest absolute Gasteiger partial charge is 0.507 e. The maximum absolute atomic E-state index is 12.9. The first-order valence-electron chi connectivity index (χ1n) is 8.96. The first-order chi connectivity index (χ1) is 14.1. The number of amides is 1. The molecule has 0 spiro atoms. The molecule has 1 unspecified atom stereocenters. The van der Waals surface area contributed by atoms with Gasteiger partial charge in [-0.2, -0.15) is 0 Å². The second-order valence-corrected chi connectivity index (χ2v) is 7.47. The SMILES string of the molecule is COc1ccc(/C(O)=C2/C(=O)C(=O)N(Cc3ccccn3)C2c2cccs2)cc1. The maximum Gasteiger partial charge on any atom is 0.296 e. The van der Waals surface area contributed by atoms with Gasteiger partial charge < -0.3 is 14.7 Å². The smallest absolute Gasteiger partial charge is 0.296 e. The third kappa shape index (κ3) is 3.52. The number of ether oxygens (including phenoxy) is 1. The molecule has 1 saturated heterocycles. The molecule has 1 fully saturated rings. The third-order valence-electron chi connectivity index (χ3n) is 4.77. The molecular formula is C22H18N2O4S. The summed E-state index contributed by atoms with van der Waals surface area (Å²) in [5.41, 5.74) is 1.20. The van der Waals surface area contributed by atoms with Crippen LogP contribution in [-0.4, -0.2) is 33.8 Å². The first-order valence-corrected chi connectivity index (χ1v) is 9.84. The topological polar surface area (TPSA) is 79.7 Å². The average molecular weight is 406 g/mol. The number of aliphatic hydroxyl groups is 1. The molecule has 3 heterocycles. The fourth-order valence-electron chi connectivity index (χ4n) is 3.36. The Morgan fingerprint density at radius 3 is 2.55 bits per heavy atom. The van der Waals surface area contributed by atoms with E-state index in [-0.39, 0.29) is 17.9 Å². The van der Waals surface area contributed by atoms with E-state index in [1.807, 2.05) is 23.6 Å². The molecule has 1 aliphatic heterocycles. The van der Waals surface area contributed by atoms with Crippen LogP contribution in [0.5, 0.6) is 5.75 Å². The lowest BCUT2D eigenvalue weighted by Crippen LogP contribution is -2.29. The van der Waals surface area contributed by atoms with Gasteiger partial charge in [0.05, 0.1) is 24.9 Å². The number of carbonyl (C=O) groups is 2. The van der Waals surface area contributed by atoms with E-state index in [0.29, 0.717) is 17.0 Å². The molecule has 4 rings (SSSR count). The van der Waals surface area contributed by atoms with E-state index in [9.17, 15) is 14.7 Å². The molecule has 6 nitrogen and oxygen atoms in total. The number of nitrogens with zero attached hydrogens (tertiary/aromatic N) is 2. The Morgan fingerprint density at radius 2 is 1.93 bits per heavy atom. The van der Waals surface area contributed by atoms with E-state index < -0.39 is 17.7 Å². The van der Waals surface area contributed by atoms with Gasteiger partial charge in [0, 0.05) is 16.6 Å².